The molecule has 2 aromatic rings. The van der Waals surface area contributed by atoms with Crippen LogP contribution in [0.5, 0.6) is 0 Å². The molecule has 154 valence electrons. The van der Waals surface area contributed by atoms with Crippen molar-refractivity contribution in [2.24, 2.45) is 0 Å². The van der Waals surface area contributed by atoms with Gasteiger partial charge in [0.25, 0.3) is 0 Å². The van der Waals surface area contributed by atoms with E-state index in [9.17, 15) is 35.5 Å². The molecule has 0 aliphatic carbocycles. The molecule has 15 heteroatoms. The van der Waals surface area contributed by atoms with Crippen molar-refractivity contribution in [2.45, 2.75) is 23.2 Å². The van der Waals surface area contributed by atoms with Crippen LogP contribution >= 0.6 is 27.7 Å². The molecule has 0 saturated heterocycles. The molecule has 0 radical (unpaired) electrons. The van der Waals surface area contributed by atoms with Gasteiger partial charge in [0.1, 0.15) is 0 Å². The van der Waals surface area contributed by atoms with Crippen LogP contribution in [0.3, 0.4) is 0 Å². The number of thioether (sulfide) groups is 1. The fourth-order valence-electron chi connectivity index (χ4n) is 1.59. The van der Waals surface area contributed by atoms with E-state index in [1.165, 1.54) is 23.1 Å². The van der Waals surface area contributed by atoms with E-state index < -0.39 is 36.4 Å². The number of alkyl halides is 7. The van der Waals surface area contributed by atoms with Crippen molar-refractivity contribution in [3.8, 4) is 5.82 Å². The molecular formula is C13H8BrF7N4O2S. The maximum atomic E-state index is 13.1. The van der Waals surface area contributed by atoms with Crippen LogP contribution in [-0.4, -0.2) is 56.1 Å². The lowest BCUT2D eigenvalue weighted by Gasteiger charge is -2.27. The number of esters is 1. The number of carbonyl (C=O) groups excluding carboxylic acids is 1. The molecule has 0 aliphatic rings. The third kappa shape index (κ3) is 5.12. The van der Waals surface area contributed by atoms with Crippen LogP contribution in [0.25, 0.3) is 5.82 Å². The van der Waals surface area contributed by atoms with E-state index in [4.69, 9.17) is 0 Å². The van der Waals surface area contributed by atoms with Gasteiger partial charge in [-0.2, -0.15) is 35.8 Å². The zero-order valence-electron chi connectivity index (χ0n) is 13.3. The Balaban J connectivity index is 1.93. The van der Waals surface area contributed by atoms with Crippen LogP contribution in [0, 0.1) is 0 Å². The molecule has 0 fully saturated rings. The van der Waals surface area contributed by atoms with Gasteiger partial charge in [0.15, 0.2) is 17.6 Å². The summed E-state index contributed by atoms with van der Waals surface area (Å²) >= 11 is 3.78. The van der Waals surface area contributed by atoms with Crippen molar-refractivity contribution >= 4 is 33.7 Å². The van der Waals surface area contributed by atoms with Crippen molar-refractivity contribution in [3.63, 3.8) is 0 Å². The summed E-state index contributed by atoms with van der Waals surface area (Å²) in [4.78, 5) is 19.2. The van der Waals surface area contributed by atoms with Crippen LogP contribution in [-0.2, 0) is 9.53 Å². The lowest BCUT2D eigenvalue weighted by molar-refractivity contribution is -0.359. The van der Waals surface area contributed by atoms with E-state index >= 15 is 0 Å². The highest BCUT2D eigenvalue weighted by atomic mass is 79.9. The van der Waals surface area contributed by atoms with Gasteiger partial charge >= 0.3 is 24.0 Å². The third-order valence-electron chi connectivity index (χ3n) is 2.95. The lowest BCUT2D eigenvalue weighted by atomic mass is 10.2. The lowest BCUT2D eigenvalue weighted by Crippen LogP contribution is -2.54. The van der Waals surface area contributed by atoms with Crippen LogP contribution in [0.15, 0.2) is 34.3 Å². The minimum Gasteiger partial charge on any atom is -0.458 e. The first-order valence-electron chi connectivity index (χ1n) is 6.98. The van der Waals surface area contributed by atoms with E-state index in [2.05, 4.69) is 35.7 Å². The first kappa shape index (κ1) is 22.4. The van der Waals surface area contributed by atoms with E-state index in [-0.39, 0.29) is 5.16 Å². The van der Waals surface area contributed by atoms with Gasteiger partial charge in [-0.1, -0.05) is 11.8 Å². The second-order valence-corrected chi connectivity index (χ2v) is 6.88. The molecule has 0 atom stereocenters. The van der Waals surface area contributed by atoms with Gasteiger partial charge in [-0.3, -0.25) is 4.79 Å². The molecule has 2 heterocycles. The van der Waals surface area contributed by atoms with Crippen molar-refractivity contribution in [1.82, 2.24) is 19.7 Å². The number of hydrogen-bond acceptors (Lipinski definition) is 6. The quantitative estimate of drug-likeness (QED) is 0.250. The Labute approximate surface area is 164 Å². The molecular weight excluding hydrogens is 489 g/mol. The molecule has 28 heavy (non-hydrogen) atoms. The second kappa shape index (κ2) is 8.23. The Morgan fingerprint density at radius 2 is 1.89 bits per heavy atom. The van der Waals surface area contributed by atoms with E-state index in [0.717, 1.165) is 0 Å². The predicted molar refractivity (Wildman–Crippen MR) is 84.5 cm³/mol. The Hall–Kier alpha value is -1.90. The molecule has 0 amide bonds. The van der Waals surface area contributed by atoms with Gasteiger partial charge in [-0.05, 0) is 15.9 Å². The minimum atomic E-state index is -6.49. The van der Waals surface area contributed by atoms with E-state index in [0.29, 0.717) is 22.1 Å². The fraction of sp³-hybridized carbons (Fsp3) is 0.385. The summed E-state index contributed by atoms with van der Waals surface area (Å²) in [7, 11) is 0. The number of halogens is 8. The van der Waals surface area contributed by atoms with Crippen molar-refractivity contribution in [3.05, 3.63) is 29.1 Å². The number of hydrogen-bond donors (Lipinski definition) is 0. The van der Waals surface area contributed by atoms with Crippen molar-refractivity contribution in [1.29, 1.82) is 0 Å². The smallest absolute Gasteiger partial charge is 0.458 e. The minimum absolute atomic E-state index is 0.00606. The number of nitrogens with zero attached hydrogens (tertiary/aromatic N) is 4. The largest absolute Gasteiger partial charge is 0.460 e. The average Bonchev–Trinajstić information content (AvgIpc) is 3.04. The maximum Gasteiger partial charge on any atom is 0.460 e. The molecule has 0 spiro atoms. The van der Waals surface area contributed by atoms with Crippen LogP contribution in [0.2, 0.25) is 0 Å². The Morgan fingerprint density at radius 3 is 2.46 bits per heavy atom. The maximum absolute atomic E-state index is 13.1. The van der Waals surface area contributed by atoms with Crippen molar-refractivity contribution < 1.29 is 40.3 Å². The number of aromatic nitrogens is 4. The highest BCUT2D eigenvalue weighted by Gasteiger charge is 2.73. The van der Waals surface area contributed by atoms with Crippen LogP contribution in [0.1, 0.15) is 0 Å². The summed E-state index contributed by atoms with van der Waals surface area (Å²) < 4.78 is 93.4. The standard InChI is InChI=1S/C13H8BrF7N4O2S/c14-7-3-23-25(4-7)8-1-2-22-10(24-8)28-5-9(26)27-6-11(15,16)12(17,18)13(19,20)21/h1-4H,5-6H2. The molecule has 0 unspecified atom stereocenters. The SMILES string of the molecule is O=C(CSc1nccc(-n2cc(Br)cn2)n1)OCC(F)(F)C(F)(F)C(F)(F)F. The summed E-state index contributed by atoms with van der Waals surface area (Å²) in [6.07, 6.45) is -2.14. The topological polar surface area (TPSA) is 69.9 Å². The Bertz CT molecular complexity index is 846. The molecule has 0 saturated carbocycles. The fourth-order valence-corrected chi connectivity index (χ4v) is 2.50. The molecule has 0 N–H and O–H groups in total. The van der Waals surface area contributed by atoms with Crippen molar-refractivity contribution in [2.75, 3.05) is 12.4 Å². The first-order valence-corrected chi connectivity index (χ1v) is 8.76. The zero-order valence-corrected chi connectivity index (χ0v) is 15.7. The third-order valence-corrected chi connectivity index (χ3v) is 4.20. The molecule has 2 rings (SSSR count). The summed E-state index contributed by atoms with van der Waals surface area (Å²) in [5.41, 5.74) is 0. The molecule has 0 bridgehead atoms. The summed E-state index contributed by atoms with van der Waals surface area (Å²) in [6, 6.07) is 1.47. The molecule has 0 aromatic carbocycles. The normalized spacial score (nSPS) is 12.9. The van der Waals surface area contributed by atoms with Gasteiger partial charge in [0.2, 0.25) is 0 Å². The molecule has 2 aromatic heterocycles. The predicted octanol–water partition coefficient (Wildman–Crippen LogP) is 3.89. The highest BCUT2D eigenvalue weighted by Crippen LogP contribution is 2.46. The second-order valence-electron chi connectivity index (χ2n) is 5.03. The van der Waals surface area contributed by atoms with Gasteiger partial charge in [-0.15, -0.1) is 0 Å². The van der Waals surface area contributed by atoms with Gasteiger partial charge in [0, 0.05) is 18.5 Å². The molecule has 6 nitrogen and oxygen atoms in total. The number of ether oxygens (including phenoxy) is 1. The Kier molecular flexibility index (Phi) is 6.58. The number of rotatable bonds is 7. The van der Waals surface area contributed by atoms with Crippen LogP contribution < -0.4 is 0 Å². The highest BCUT2D eigenvalue weighted by molar-refractivity contribution is 9.10. The average molecular weight is 497 g/mol. The number of carbonyl (C=O) groups is 1. The van der Waals surface area contributed by atoms with E-state index in [1.54, 1.807) is 6.20 Å². The Morgan fingerprint density at radius 1 is 1.21 bits per heavy atom. The van der Waals surface area contributed by atoms with Gasteiger partial charge < -0.3 is 4.74 Å². The summed E-state index contributed by atoms with van der Waals surface area (Å²) in [6.45, 7) is -2.43. The molecule has 0 aliphatic heterocycles. The summed E-state index contributed by atoms with van der Waals surface area (Å²) in [5, 5.41) is 3.95. The first-order chi connectivity index (χ1) is 12.8. The van der Waals surface area contributed by atoms with Gasteiger partial charge in [-0.25, -0.2) is 14.6 Å². The van der Waals surface area contributed by atoms with E-state index in [1.807, 2.05) is 0 Å². The summed E-state index contributed by atoms with van der Waals surface area (Å²) in [5.74, 6) is -13.8. The van der Waals surface area contributed by atoms with Gasteiger partial charge in [0.05, 0.1) is 16.4 Å². The zero-order chi connectivity index (χ0) is 21.2. The monoisotopic (exact) mass is 496 g/mol. The van der Waals surface area contributed by atoms with Crippen LogP contribution in [0.4, 0.5) is 30.7 Å².